The van der Waals surface area contributed by atoms with Crippen LogP contribution in [0, 0.1) is 17.8 Å². The number of aliphatic hydroxyl groups excluding tert-OH is 1. The molecule has 2 aliphatic heterocycles. The smallest absolute Gasteiger partial charge is 0.431 e. The summed E-state index contributed by atoms with van der Waals surface area (Å²) in [5.41, 5.74) is 0. The van der Waals surface area contributed by atoms with Gasteiger partial charge in [-0.15, -0.1) is 0 Å². The lowest BCUT2D eigenvalue weighted by Crippen LogP contribution is -2.62. The second-order valence-corrected chi connectivity index (χ2v) is 13.1. The van der Waals surface area contributed by atoms with Crippen molar-refractivity contribution in [3.63, 3.8) is 0 Å². The summed E-state index contributed by atoms with van der Waals surface area (Å²) in [5.74, 6) is -0.161. The van der Waals surface area contributed by atoms with Crippen molar-refractivity contribution in [3.8, 4) is 0 Å². The third-order valence-corrected chi connectivity index (χ3v) is 10.0. The van der Waals surface area contributed by atoms with E-state index in [4.69, 9.17) is 28.4 Å². The van der Waals surface area contributed by atoms with E-state index < -0.39 is 54.4 Å². The second-order valence-electron chi connectivity index (χ2n) is 13.1. The molecule has 4 saturated carbocycles. The third-order valence-electron chi connectivity index (χ3n) is 10.0. The largest absolute Gasteiger partial charge is 0.509 e. The molecule has 0 aromatic carbocycles. The number of hydrogen-bond donors (Lipinski definition) is 1. The summed E-state index contributed by atoms with van der Waals surface area (Å²) in [6.45, 7) is 6.58. The Hall–Kier alpha value is -0.930. The van der Waals surface area contributed by atoms with Gasteiger partial charge in [-0.25, -0.2) is 4.79 Å². The molecular formula is C29H46O8. The van der Waals surface area contributed by atoms with Gasteiger partial charge in [0.2, 0.25) is 0 Å². The Balaban J connectivity index is 1.22. The van der Waals surface area contributed by atoms with Gasteiger partial charge in [-0.05, 0) is 56.3 Å². The fraction of sp³-hybridized carbons (Fsp3) is 0.966. The lowest BCUT2D eigenvalue weighted by atomic mass is 9.75. The van der Waals surface area contributed by atoms with Crippen molar-refractivity contribution in [3.05, 3.63) is 0 Å². The Bertz CT molecular complexity index is 819. The van der Waals surface area contributed by atoms with Crippen LogP contribution in [0.15, 0.2) is 0 Å². The summed E-state index contributed by atoms with van der Waals surface area (Å²) in [6, 6.07) is 0. The van der Waals surface area contributed by atoms with E-state index >= 15 is 0 Å². The molecule has 0 aromatic rings. The molecule has 6 fully saturated rings. The molecule has 0 radical (unpaired) electrons. The molecule has 2 heterocycles. The zero-order valence-corrected chi connectivity index (χ0v) is 22.8. The van der Waals surface area contributed by atoms with Gasteiger partial charge in [0.1, 0.15) is 36.6 Å². The summed E-state index contributed by atoms with van der Waals surface area (Å²) >= 11 is 0. The van der Waals surface area contributed by atoms with Crippen LogP contribution in [0.4, 0.5) is 4.79 Å². The van der Waals surface area contributed by atoms with E-state index in [0.29, 0.717) is 17.8 Å². The number of carbonyl (C=O) groups is 1. The molecule has 0 aromatic heterocycles. The van der Waals surface area contributed by atoms with Crippen molar-refractivity contribution in [1.29, 1.82) is 0 Å². The van der Waals surface area contributed by atoms with Gasteiger partial charge in [0.25, 0.3) is 0 Å². The molecule has 37 heavy (non-hydrogen) atoms. The van der Waals surface area contributed by atoms with Crippen LogP contribution in [-0.2, 0) is 28.4 Å². The van der Waals surface area contributed by atoms with Crippen LogP contribution in [0.5, 0.6) is 0 Å². The van der Waals surface area contributed by atoms with E-state index in [0.717, 1.165) is 83.5 Å². The maximum Gasteiger partial charge on any atom is 0.509 e. The summed E-state index contributed by atoms with van der Waals surface area (Å²) in [7, 11) is 0. The molecule has 8 heteroatoms. The summed E-state index contributed by atoms with van der Waals surface area (Å²) in [5, 5.41) is 11.6. The molecule has 6 rings (SSSR count). The van der Waals surface area contributed by atoms with Crippen molar-refractivity contribution in [1.82, 2.24) is 0 Å². The highest BCUT2D eigenvalue weighted by Gasteiger charge is 2.67. The van der Waals surface area contributed by atoms with Crippen LogP contribution in [-0.4, -0.2) is 65.6 Å². The lowest BCUT2D eigenvalue weighted by molar-refractivity contribution is -0.225. The molecule has 0 amide bonds. The van der Waals surface area contributed by atoms with E-state index in [-0.39, 0.29) is 6.10 Å². The van der Waals surface area contributed by atoms with Crippen molar-refractivity contribution in [2.75, 3.05) is 0 Å². The van der Waals surface area contributed by atoms with Crippen molar-refractivity contribution >= 4 is 6.16 Å². The first kappa shape index (κ1) is 26.3. The average molecular weight is 523 g/mol. The van der Waals surface area contributed by atoms with E-state index in [9.17, 15) is 9.90 Å². The van der Waals surface area contributed by atoms with Gasteiger partial charge in [-0.1, -0.05) is 40.0 Å². The van der Waals surface area contributed by atoms with Crippen LogP contribution in [0.2, 0.25) is 0 Å². The minimum absolute atomic E-state index is 0.178. The quantitative estimate of drug-likeness (QED) is 0.504. The van der Waals surface area contributed by atoms with Crippen LogP contribution >= 0.6 is 0 Å². The zero-order valence-electron chi connectivity index (χ0n) is 22.8. The molecule has 4 aliphatic carbocycles. The maximum atomic E-state index is 13.2. The Morgan fingerprint density at radius 1 is 0.784 bits per heavy atom. The average Bonchev–Trinajstić information content (AvgIpc) is 3.41. The number of carbonyl (C=O) groups excluding carboxylic acids is 1. The van der Waals surface area contributed by atoms with Gasteiger partial charge in [0, 0.05) is 25.7 Å². The monoisotopic (exact) mass is 522 g/mol. The van der Waals surface area contributed by atoms with Gasteiger partial charge in [-0.3, -0.25) is 0 Å². The topological polar surface area (TPSA) is 92.7 Å². The van der Waals surface area contributed by atoms with Gasteiger partial charge < -0.3 is 33.5 Å². The molecule has 0 bridgehead atoms. The normalized spacial score (nSPS) is 44.5. The highest BCUT2D eigenvalue weighted by atomic mass is 16.8. The molecule has 9 atom stereocenters. The zero-order chi connectivity index (χ0) is 25.8. The number of fused-ring (bicyclic) bond motifs is 3. The van der Waals surface area contributed by atoms with E-state index in [2.05, 4.69) is 20.8 Å². The summed E-state index contributed by atoms with van der Waals surface area (Å²) in [6.07, 6.45) is 7.64. The standard InChI is InChI=1S/C29H46O8/c1-17(2)19-11-10-18(3)16-20(19)32-27(31)33-22-21(30)23-25(36-28(34-23)12-6-4-7-13-28)26-24(22)35-29(37-26)14-8-5-9-15-29/h17-26,30H,4-16H2,1-3H3/t18-,19-,20+,21+,22+,23+,24-,25+,26+/m1/s1. The van der Waals surface area contributed by atoms with Crippen molar-refractivity contribution < 1.29 is 38.3 Å². The molecule has 2 saturated heterocycles. The SMILES string of the molecule is CC(C)[C@H]1CC[C@@H](C)C[C@@H]1OC(=O)O[C@H]1[C@H](O)[C@@H]2OC3(CCCCC3)O[C@@H]2[C@H]2OC3(CCCCC3)O[C@@H]21. The molecule has 0 unspecified atom stereocenters. The highest BCUT2D eigenvalue weighted by molar-refractivity contribution is 5.60. The minimum Gasteiger partial charge on any atom is -0.431 e. The second kappa shape index (κ2) is 10.2. The van der Waals surface area contributed by atoms with E-state index in [1.165, 1.54) is 0 Å². The number of rotatable bonds is 3. The predicted octanol–water partition coefficient (Wildman–Crippen LogP) is 5.23. The van der Waals surface area contributed by atoms with Crippen LogP contribution in [0.25, 0.3) is 0 Å². The molecule has 1 N–H and O–H groups in total. The fourth-order valence-electron chi connectivity index (χ4n) is 8.02. The van der Waals surface area contributed by atoms with Gasteiger partial charge in [0.05, 0.1) is 0 Å². The Labute approximate surface area is 221 Å². The Morgan fingerprint density at radius 3 is 1.92 bits per heavy atom. The van der Waals surface area contributed by atoms with Gasteiger partial charge >= 0.3 is 6.16 Å². The fourth-order valence-corrected chi connectivity index (χ4v) is 8.02. The van der Waals surface area contributed by atoms with Crippen LogP contribution in [0.1, 0.15) is 104 Å². The summed E-state index contributed by atoms with van der Waals surface area (Å²) < 4.78 is 38.2. The molecule has 8 nitrogen and oxygen atoms in total. The molecular weight excluding hydrogens is 476 g/mol. The van der Waals surface area contributed by atoms with Crippen molar-refractivity contribution in [2.24, 2.45) is 17.8 Å². The minimum atomic E-state index is -1.08. The number of ether oxygens (including phenoxy) is 6. The Kier molecular flexibility index (Phi) is 7.27. The van der Waals surface area contributed by atoms with Crippen LogP contribution in [0.3, 0.4) is 0 Å². The third kappa shape index (κ3) is 4.94. The predicted molar refractivity (Wildman–Crippen MR) is 134 cm³/mol. The van der Waals surface area contributed by atoms with Crippen molar-refractivity contribution in [2.45, 2.75) is 159 Å². The molecule has 6 aliphatic rings. The first-order valence-electron chi connectivity index (χ1n) is 15.0. The first-order chi connectivity index (χ1) is 17.8. The van der Waals surface area contributed by atoms with Gasteiger partial charge in [-0.2, -0.15) is 0 Å². The number of hydrogen-bond acceptors (Lipinski definition) is 8. The maximum absolute atomic E-state index is 13.2. The number of aliphatic hydroxyl groups is 1. The Morgan fingerprint density at radius 2 is 1.32 bits per heavy atom. The molecule has 210 valence electrons. The van der Waals surface area contributed by atoms with Gasteiger partial charge in [0.15, 0.2) is 17.7 Å². The van der Waals surface area contributed by atoms with E-state index in [1.807, 2.05) is 0 Å². The van der Waals surface area contributed by atoms with Crippen LogP contribution < -0.4 is 0 Å². The molecule has 2 spiro atoms. The summed E-state index contributed by atoms with van der Waals surface area (Å²) in [4.78, 5) is 13.2. The van der Waals surface area contributed by atoms with E-state index in [1.54, 1.807) is 0 Å². The first-order valence-corrected chi connectivity index (χ1v) is 15.0. The lowest BCUT2D eigenvalue weighted by Gasteiger charge is -2.40. The highest BCUT2D eigenvalue weighted by Crippen LogP contribution is 2.52.